The van der Waals surface area contributed by atoms with Gasteiger partial charge in [0.2, 0.25) is 5.95 Å². The molecule has 0 saturated carbocycles. The maximum atomic E-state index is 4.40. The van der Waals surface area contributed by atoms with Crippen LogP contribution in [0.15, 0.2) is 11.4 Å². The van der Waals surface area contributed by atoms with E-state index in [1.54, 1.807) is 11.3 Å². The lowest BCUT2D eigenvalue weighted by molar-refractivity contribution is 1.01. The zero-order valence-electron chi connectivity index (χ0n) is 10.8. The van der Waals surface area contributed by atoms with Crippen LogP contribution in [0.4, 0.5) is 11.8 Å². The first-order valence-electron chi connectivity index (χ1n) is 5.92. The van der Waals surface area contributed by atoms with Crippen LogP contribution in [-0.4, -0.2) is 21.5 Å². The van der Waals surface area contributed by atoms with Gasteiger partial charge < -0.3 is 10.6 Å². The molecule has 2 aromatic rings. The largest absolute Gasteiger partial charge is 0.364 e. The van der Waals surface area contributed by atoms with Crippen LogP contribution in [0.3, 0.4) is 0 Å². The van der Waals surface area contributed by atoms with Gasteiger partial charge in [0.05, 0.1) is 17.2 Å². The van der Waals surface area contributed by atoms with E-state index in [-0.39, 0.29) is 0 Å². The zero-order valence-corrected chi connectivity index (χ0v) is 11.6. The SMILES string of the molecule is CCNc1nc(C)cc(NCc2csc(C)n2)n1. The summed E-state index contributed by atoms with van der Waals surface area (Å²) in [6, 6.07) is 1.93. The van der Waals surface area contributed by atoms with Crippen LogP contribution in [0.2, 0.25) is 0 Å². The number of thiazole rings is 1. The molecule has 96 valence electrons. The molecule has 0 bridgehead atoms. The van der Waals surface area contributed by atoms with Gasteiger partial charge in [0, 0.05) is 23.7 Å². The highest BCUT2D eigenvalue weighted by Gasteiger charge is 2.02. The second-order valence-electron chi connectivity index (χ2n) is 3.96. The van der Waals surface area contributed by atoms with Gasteiger partial charge in [-0.3, -0.25) is 0 Å². The molecule has 0 fully saturated rings. The summed E-state index contributed by atoms with van der Waals surface area (Å²) >= 11 is 1.66. The Bertz CT molecular complexity index is 523. The average molecular weight is 263 g/mol. The molecule has 6 heteroatoms. The quantitative estimate of drug-likeness (QED) is 0.868. The van der Waals surface area contributed by atoms with Gasteiger partial charge in [0.25, 0.3) is 0 Å². The van der Waals surface area contributed by atoms with Crippen LogP contribution >= 0.6 is 11.3 Å². The summed E-state index contributed by atoms with van der Waals surface area (Å²) < 4.78 is 0. The number of aryl methyl sites for hydroxylation is 2. The van der Waals surface area contributed by atoms with E-state index < -0.39 is 0 Å². The number of nitrogens with one attached hydrogen (secondary N) is 2. The van der Waals surface area contributed by atoms with Gasteiger partial charge in [-0.05, 0) is 20.8 Å². The number of anilines is 2. The first-order valence-corrected chi connectivity index (χ1v) is 6.79. The van der Waals surface area contributed by atoms with Crippen molar-refractivity contribution in [3.63, 3.8) is 0 Å². The minimum atomic E-state index is 0.662. The second-order valence-corrected chi connectivity index (χ2v) is 5.02. The molecule has 0 aliphatic rings. The van der Waals surface area contributed by atoms with E-state index in [0.717, 1.165) is 28.8 Å². The van der Waals surface area contributed by atoms with Crippen LogP contribution < -0.4 is 10.6 Å². The molecule has 0 atom stereocenters. The number of rotatable bonds is 5. The Hall–Kier alpha value is -1.69. The topological polar surface area (TPSA) is 62.7 Å². The predicted molar refractivity (Wildman–Crippen MR) is 75.1 cm³/mol. The van der Waals surface area contributed by atoms with E-state index in [1.165, 1.54) is 0 Å². The lowest BCUT2D eigenvalue weighted by Crippen LogP contribution is -2.07. The van der Waals surface area contributed by atoms with Gasteiger partial charge in [0.15, 0.2) is 0 Å². The standard InChI is InChI=1S/C12H17N5S/c1-4-13-12-15-8(2)5-11(17-12)14-6-10-7-18-9(3)16-10/h5,7H,4,6H2,1-3H3,(H2,13,14,15,17). The highest BCUT2D eigenvalue weighted by Crippen LogP contribution is 2.12. The fourth-order valence-corrected chi connectivity index (χ4v) is 2.18. The van der Waals surface area contributed by atoms with Crippen LogP contribution in [0.25, 0.3) is 0 Å². The van der Waals surface area contributed by atoms with Gasteiger partial charge in [-0.15, -0.1) is 11.3 Å². The van der Waals surface area contributed by atoms with Crippen molar-refractivity contribution < 1.29 is 0 Å². The lowest BCUT2D eigenvalue weighted by Gasteiger charge is -2.07. The highest BCUT2D eigenvalue weighted by molar-refractivity contribution is 7.09. The van der Waals surface area contributed by atoms with Crippen molar-refractivity contribution in [1.29, 1.82) is 0 Å². The van der Waals surface area contributed by atoms with Crippen molar-refractivity contribution in [3.8, 4) is 0 Å². The Kier molecular flexibility index (Phi) is 4.09. The normalized spacial score (nSPS) is 10.4. The number of hydrogen-bond acceptors (Lipinski definition) is 6. The Morgan fingerprint density at radius 3 is 2.67 bits per heavy atom. The van der Waals surface area contributed by atoms with Crippen molar-refractivity contribution in [3.05, 3.63) is 27.8 Å². The third kappa shape index (κ3) is 3.40. The monoisotopic (exact) mass is 263 g/mol. The Morgan fingerprint density at radius 2 is 2.00 bits per heavy atom. The van der Waals surface area contributed by atoms with Gasteiger partial charge in [0.1, 0.15) is 5.82 Å². The molecule has 0 spiro atoms. The molecule has 2 aromatic heterocycles. The summed E-state index contributed by atoms with van der Waals surface area (Å²) in [5, 5.41) is 9.52. The van der Waals surface area contributed by atoms with Crippen LogP contribution in [0.5, 0.6) is 0 Å². The van der Waals surface area contributed by atoms with E-state index in [2.05, 4.69) is 31.0 Å². The van der Waals surface area contributed by atoms with Gasteiger partial charge in [-0.2, -0.15) is 4.98 Å². The second kappa shape index (κ2) is 5.77. The molecule has 2 heterocycles. The van der Waals surface area contributed by atoms with Gasteiger partial charge >= 0.3 is 0 Å². The molecular weight excluding hydrogens is 246 g/mol. The molecular formula is C12H17N5S. The fraction of sp³-hybridized carbons (Fsp3) is 0.417. The Morgan fingerprint density at radius 1 is 1.17 bits per heavy atom. The van der Waals surface area contributed by atoms with E-state index in [1.807, 2.05) is 26.8 Å². The van der Waals surface area contributed by atoms with Crippen LogP contribution in [0, 0.1) is 13.8 Å². The molecule has 5 nitrogen and oxygen atoms in total. The molecule has 0 aliphatic carbocycles. The van der Waals surface area contributed by atoms with E-state index >= 15 is 0 Å². The lowest BCUT2D eigenvalue weighted by atomic mass is 10.4. The minimum absolute atomic E-state index is 0.662. The summed E-state index contributed by atoms with van der Waals surface area (Å²) in [5.74, 6) is 1.48. The predicted octanol–water partition coefficient (Wildman–Crippen LogP) is 2.59. The number of nitrogens with zero attached hydrogens (tertiary/aromatic N) is 3. The molecule has 0 unspecified atom stereocenters. The minimum Gasteiger partial charge on any atom is -0.364 e. The first kappa shape index (κ1) is 12.8. The third-order valence-corrected chi connectivity index (χ3v) is 3.13. The summed E-state index contributed by atoms with van der Waals surface area (Å²) in [5.41, 5.74) is 1.98. The molecule has 0 radical (unpaired) electrons. The maximum Gasteiger partial charge on any atom is 0.224 e. The average Bonchev–Trinajstić information content (AvgIpc) is 2.72. The fourth-order valence-electron chi connectivity index (χ4n) is 1.57. The van der Waals surface area contributed by atoms with E-state index in [0.29, 0.717) is 12.5 Å². The number of hydrogen-bond donors (Lipinski definition) is 2. The first-order chi connectivity index (χ1) is 8.67. The smallest absolute Gasteiger partial charge is 0.224 e. The van der Waals surface area contributed by atoms with Gasteiger partial charge in [-0.1, -0.05) is 0 Å². The zero-order chi connectivity index (χ0) is 13.0. The van der Waals surface area contributed by atoms with Crippen LogP contribution in [-0.2, 0) is 6.54 Å². The summed E-state index contributed by atoms with van der Waals surface area (Å²) in [4.78, 5) is 13.1. The summed E-state index contributed by atoms with van der Waals surface area (Å²) in [7, 11) is 0. The van der Waals surface area contributed by atoms with Crippen molar-refractivity contribution in [1.82, 2.24) is 15.0 Å². The highest BCUT2D eigenvalue weighted by atomic mass is 32.1. The van der Waals surface area contributed by atoms with Crippen molar-refractivity contribution in [2.24, 2.45) is 0 Å². The molecule has 2 N–H and O–H groups in total. The van der Waals surface area contributed by atoms with Gasteiger partial charge in [-0.25, -0.2) is 9.97 Å². The molecule has 2 rings (SSSR count). The van der Waals surface area contributed by atoms with E-state index in [9.17, 15) is 0 Å². The molecule has 0 amide bonds. The Balaban J connectivity index is 2.04. The summed E-state index contributed by atoms with van der Waals surface area (Å²) in [6.07, 6.45) is 0. The Labute approximate surface area is 111 Å². The van der Waals surface area contributed by atoms with Crippen molar-refractivity contribution in [2.75, 3.05) is 17.2 Å². The summed E-state index contributed by atoms with van der Waals surface area (Å²) in [6.45, 7) is 7.49. The van der Waals surface area contributed by atoms with Crippen LogP contribution in [0.1, 0.15) is 23.3 Å². The molecule has 0 aliphatic heterocycles. The van der Waals surface area contributed by atoms with Crippen molar-refractivity contribution >= 4 is 23.1 Å². The molecule has 0 aromatic carbocycles. The third-order valence-electron chi connectivity index (χ3n) is 2.31. The maximum absolute atomic E-state index is 4.40. The van der Waals surface area contributed by atoms with E-state index in [4.69, 9.17) is 0 Å². The molecule has 18 heavy (non-hydrogen) atoms. The van der Waals surface area contributed by atoms with Crippen molar-refractivity contribution in [2.45, 2.75) is 27.3 Å². The number of aromatic nitrogens is 3. The molecule has 0 saturated heterocycles.